The van der Waals surface area contributed by atoms with Gasteiger partial charge >= 0.3 is 0 Å². The summed E-state index contributed by atoms with van der Waals surface area (Å²) >= 11 is 12.5. The molecule has 0 saturated heterocycles. The number of amides is 2. The minimum absolute atomic E-state index is 0.121. The highest BCUT2D eigenvalue weighted by Crippen LogP contribution is 2.36. The molecule has 0 aliphatic carbocycles. The zero-order valence-corrected chi connectivity index (χ0v) is 33.3. The predicted molar refractivity (Wildman–Crippen MR) is 225 cm³/mol. The number of nitriles is 1. The first-order valence-corrected chi connectivity index (χ1v) is 18.5. The van der Waals surface area contributed by atoms with E-state index in [4.69, 9.17) is 52.6 Å². The Kier molecular flexibility index (Phi) is 15.8. The lowest BCUT2D eigenvalue weighted by molar-refractivity contribution is -0.128. The van der Waals surface area contributed by atoms with Crippen molar-refractivity contribution < 1.29 is 24.2 Å². The first kappa shape index (κ1) is 44.6. The highest BCUT2D eigenvalue weighted by molar-refractivity contribution is 6.35. The summed E-state index contributed by atoms with van der Waals surface area (Å²) in [6.45, 7) is 32.0. The molecule has 0 spiro atoms. The van der Waals surface area contributed by atoms with Gasteiger partial charge in [0.2, 0.25) is 29.1 Å². The second-order valence-electron chi connectivity index (χ2n) is 12.9. The number of aliphatic hydroxyl groups is 2. The van der Waals surface area contributed by atoms with Crippen LogP contribution in [0.2, 0.25) is 10.0 Å². The van der Waals surface area contributed by atoms with Crippen LogP contribution in [0.3, 0.4) is 0 Å². The van der Waals surface area contributed by atoms with E-state index in [-0.39, 0.29) is 22.7 Å². The summed E-state index contributed by atoms with van der Waals surface area (Å²) in [4.78, 5) is 34.9. The predicted octanol–water partition coefficient (Wildman–Crippen LogP) is 9.25. The molecule has 15 heteroatoms. The smallest absolute Gasteiger partial charge is 0.269 e. The van der Waals surface area contributed by atoms with Gasteiger partial charge in [-0.15, -0.1) is 10.2 Å². The molecule has 0 unspecified atom stereocenters. The van der Waals surface area contributed by atoms with Crippen LogP contribution in [0, 0.1) is 37.0 Å². The van der Waals surface area contributed by atoms with E-state index in [1.165, 1.54) is 37.3 Å². The summed E-state index contributed by atoms with van der Waals surface area (Å²) in [6.07, 6.45) is 1.82. The first-order chi connectivity index (χ1) is 28.3. The number of halogens is 2. The van der Waals surface area contributed by atoms with Gasteiger partial charge in [-0.05, 0) is 73.2 Å². The fourth-order valence-corrected chi connectivity index (χ4v) is 6.40. The summed E-state index contributed by atoms with van der Waals surface area (Å²) < 4.78 is 5.82. The molecular weight excluding hydrogens is 791 g/mol. The van der Waals surface area contributed by atoms with Crippen molar-refractivity contribution in [3.63, 3.8) is 0 Å². The Morgan fingerprint density at radius 2 is 1.37 bits per heavy atom. The first-order valence-electron chi connectivity index (χ1n) is 17.7. The normalized spacial score (nSPS) is 12.3. The Hall–Kier alpha value is -7.10. The highest BCUT2D eigenvalue weighted by Gasteiger charge is 2.28. The van der Waals surface area contributed by atoms with Crippen LogP contribution in [-0.4, -0.2) is 44.4 Å². The van der Waals surface area contributed by atoms with Gasteiger partial charge in [0, 0.05) is 11.1 Å². The van der Waals surface area contributed by atoms with E-state index >= 15 is 0 Å². The molecule has 13 nitrogen and oxygen atoms in total. The van der Waals surface area contributed by atoms with Gasteiger partial charge in [-0.2, -0.15) is 5.26 Å². The summed E-state index contributed by atoms with van der Waals surface area (Å²) in [7, 11) is 0. The molecule has 0 radical (unpaired) electrons. The Balaban J connectivity index is 0.000000261. The number of rotatable bonds is 12. The van der Waals surface area contributed by atoms with Crippen LogP contribution in [-0.2, 0) is 17.6 Å². The Morgan fingerprint density at radius 3 is 1.85 bits per heavy atom. The molecule has 0 fully saturated rings. The van der Waals surface area contributed by atoms with Crippen molar-refractivity contribution in [2.75, 3.05) is 0 Å². The molecule has 0 aliphatic rings. The number of aromatic nitrogens is 2. The minimum atomic E-state index is -1.02. The molecule has 4 aromatic carbocycles. The monoisotopic (exact) mass is 826 g/mol. The average Bonchev–Trinajstić information content (AvgIpc) is 3.74. The Labute approximate surface area is 351 Å². The summed E-state index contributed by atoms with van der Waals surface area (Å²) in [5.74, 6) is -1.90. The van der Waals surface area contributed by atoms with Crippen molar-refractivity contribution in [3.8, 4) is 17.5 Å². The number of aliphatic hydroxyl groups excluding tert-OH is 2. The summed E-state index contributed by atoms with van der Waals surface area (Å²) in [5.41, 5.74) is 9.75. The van der Waals surface area contributed by atoms with Crippen LogP contribution in [0.4, 0.5) is 17.1 Å². The van der Waals surface area contributed by atoms with Gasteiger partial charge in [0.15, 0.2) is 5.69 Å². The lowest BCUT2D eigenvalue weighted by atomic mass is 9.91. The van der Waals surface area contributed by atoms with Crippen LogP contribution < -0.4 is 10.9 Å². The lowest BCUT2D eigenvalue weighted by Gasteiger charge is -2.21. The zero-order chi connectivity index (χ0) is 43.2. The molecule has 4 N–H and O–H groups in total. The molecule has 0 saturated carbocycles. The molecular formula is C44H36Cl2N8O5. The summed E-state index contributed by atoms with van der Waals surface area (Å²) in [6, 6.07) is 21.3. The van der Waals surface area contributed by atoms with E-state index in [0.29, 0.717) is 62.4 Å². The lowest BCUT2D eigenvalue weighted by Crippen LogP contribution is -2.47. The number of nitrogens with zero attached hydrogens (tertiary/aromatic N) is 6. The molecule has 296 valence electrons. The third-order valence-corrected chi connectivity index (χ3v) is 9.90. The van der Waals surface area contributed by atoms with E-state index in [9.17, 15) is 19.8 Å². The van der Waals surface area contributed by atoms with E-state index in [1.807, 2.05) is 6.07 Å². The quantitative estimate of drug-likeness (QED) is 0.0711. The average molecular weight is 828 g/mol. The number of hydrogen-bond donors (Lipinski definition) is 4. The van der Waals surface area contributed by atoms with Crippen LogP contribution in [0.5, 0.6) is 0 Å². The van der Waals surface area contributed by atoms with Gasteiger partial charge in [0.1, 0.15) is 0 Å². The standard InChI is InChI=1S/C22H19ClN4O3.C22H17ClN4O2/c1-4-17-16(9-10-19(25-3)20(17)23)11-18(13(2)28)22(30)27-26-21(29)15-7-5-14(12-24)6-8-15;1-5-17-15(8-11-19(25-4)20(17)23)12-18(13(2)28)22-27-26-21(29-22)14-6-9-16(24-3)10-7-14/h4-10,13,18,28H,1,11H2,2H3,(H,26,29)(H,27,30);5-11,13,18,28H,1,12H2,2H3/t2*13-,18+/m00/s1. The van der Waals surface area contributed by atoms with Crippen molar-refractivity contribution in [2.45, 2.75) is 44.8 Å². The van der Waals surface area contributed by atoms with Gasteiger partial charge < -0.3 is 14.6 Å². The van der Waals surface area contributed by atoms with E-state index in [2.05, 4.69) is 48.7 Å². The van der Waals surface area contributed by atoms with Gasteiger partial charge in [-0.3, -0.25) is 20.4 Å². The molecule has 0 bridgehead atoms. The summed E-state index contributed by atoms with van der Waals surface area (Å²) in [5, 5.41) is 38.0. The zero-order valence-electron chi connectivity index (χ0n) is 31.8. The molecule has 2 amide bonds. The van der Waals surface area contributed by atoms with Crippen LogP contribution in [0.25, 0.3) is 38.1 Å². The molecule has 4 atom stereocenters. The van der Waals surface area contributed by atoms with Crippen LogP contribution >= 0.6 is 23.2 Å². The van der Waals surface area contributed by atoms with Crippen molar-refractivity contribution >= 4 is 64.2 Å². The van der Waals surface area contributed by atoms with Gasteiger partial charge in [-0.25, -0.2) is 14.5 Å². The molecule has 0 aliphatic heterocycles. The topological polar surface area (TPSA) is 174 Å². The molecule has 1 heterocycles. The van der Waals surface area contributed by atoms with E-state index in [0.717, 1.165) is 5.56 Å². The second-order valence-corrected chi connectivity index (χ2v) is 13.7. The number of hydrogen-bond acceptors (Lipinski definition) is 8. The van der Waals surface area contributed by atoms with Crippen LogP contribution in [0.15, 0.2) is 90.4 Å². The van der Waals surface area contributed by atoms with Gasteiger partial charge in [-0.1, -0.05) is 97.0 Å². The minimum Gasteiger partial charge on any atom is -0.420 e. The van der Waals surface area contributed by atoms with Gasteiger partial charge in [0.05, 0.1) is 65.4 Å². The Bertz CT molecular complexity index is 2520. The number of benzene rings is 4. The maximum Gasteiger partial charge on any atom is 0.269 e. The molecule has 59 heavy (non-hydrogen) atoms. The fraction of sp³-hybridized carbons (Fsp3) is 0.182. The molecule has 1 aromatic heterocycles. The molecule has 5 aromatic rings. The Morgan fingerprint density at radius 1 is 0.814 bits per heavy atom. The highest BCUT2D eigenvalue weighted by atomic mass is 35.5. The van der Waals surface area contributed by atoms with Crippen molar-refractivity contribution in [1.82, 2.24) is 21.0 Å². The number of carbonyl (C=O) groups excluding carboxylic acids is 2. The van der Waals surface area contributed by atoms with Gasteiger partial charge in [0.25, 0.3) is 5.91 Å². The number of carbonyl (C=O) groups is 2. The van der Waals surface area contributed by atoms with Crippen molar-refractivity contribution in [1.29, 1.82) is 5.26 Å². The third kappa shape index (κ3) is 11.1. The largest absolute Gasteiger partial charge is 0.420 e. The number of nitrogens with one attached hydrogen (secondary N) is 2. The van der Waals surface area contributed by atoms with Crippen LogP contribution in [0.1, 0.15) is 63.8 Å². The molecule has 5 rings (SSSR count). The fourth-order valence-electron chi connectivity index (χ4n) is 5.79. The maximum atomic E-state index is 12.6. The van der Waals surface area contributed by atoms with E-state index in [1.54, 1.807) is 61.5 Å². The van der Waals surface area contributed by atoms with Crippen molar-refractivity contribution in [2.24, 2.45) is 5.92 Å². The van der Waals surface area contributed by atoms with E-state index < -0.39 is 35.9 Å². The number of hydrazine groups is 1. The second kappa shape index (κ2) is 20.9. The SMILES string of the molecule is [C-]#[N+]c1ccc(-c2nnc([C@H](Cc3ccc([N+]#[C-])c(Cl)c3C=C)[C@H](C)O)o2)cc1.[C-]#[N+]c1ccc(C[C@@H](C(=O)NNC(=O)c2ccc(C#N)cc2)[C@H](C)O)c(C=C)c1Cl. The van der Waals surface area contributed by atoms with Crippen molar-refractivity contribution in [3.05, 3.63) is 170 Å². The third-order valence-electron chi connectivity index (χ3n) is 9.11. The maximum absolute atomic E-state index is 12.6.